The van der Waals surface area contributed by atoms with Crippen molar-refractivity contribution in [2.45, 2.75) is 91.5 Å². The molecule has 0 N–H and O–H groups in total. The van der Waals surface area contributed by atoms with E-state index in [2.05, 4.69) is 74.4 Å². The zero-order valence-electron chi connectivity index (χ0n) is 18.9. The van der Waals surface area contributed by atoms with Crippen LogP contribution in [0.3, 0.4) is 0 Å². The predicted octanol–water partition coefficient (Wildman–Crippen LogP) is 5.78. The topological polar surface area (TPSA) is 37.4 Å². The summed E-state index contributed by atoms with van der Waals surface area (Å²) >= 11 is 0. The zero-order chi connectivity index (χ0) is 21.2. The molecule has 0 aromatic heterocycles. The van der Waals surface area contributed by atoms with Gasteiger partial charge < -0.3 is 0 Å². The lowest BCUT2D eigenvalue weighted by Gasteiger charge is -2.32. The van der Waals surface area contributed by atoms with Crippen LogP contribution in [-0.4, -0.2) is 16.7 Å². The van der Waals surface area contributed by atoms with Crippen molar-refractivity contribution in [3.05, 3.63) is 46.5 Å². The molecule has 0 saturated carbocycles. The summed E-state index contributed by atoms with van der Waals surface area (Å²) in [4.78, 5) is 26.6. The van der Waals surface area contributed by atoms with Crippen molar-refractivity contribution in [2.24, 2.45) is 5.41 Å². The molecule has 2 aliphatic rings. The quantitative estimate of drug-likeness (QED) is 0.578. The normalized spacial score (nSPS) is 23.0. The average molecular weight is 382 g/mol. The Labute approximate surface area is 170 Å². The second-order valence-electron chi connectivity index (χ2n) is 11.6. The first-order valence-electron chi connectivity index (χ1n) is 10.4. The van der Waals surface area contributed by atoms with Gasteiger partial charge in [-0.05, 0) is 50.8 Å². The number of carbonyl (C=O) groups excluding carboxylic acids is 2. The molecule has 3 rings (SSSR count). The molecular weight excluding hydrogens is 346 g/mol. The van der Waals surface area contributed by atoms with E-state index >= 15 is 0 Å². The zero-order valence-corrected chi connectivity index (χ0v) is 18.9. The minimum Gasteiger partial charge on any atom is -0.269 e. The second-order valence-corrected chi connectivity index (χ2v) is 11.6. The van der Waals surface area contributed by atoms with E-state index in [0.29, 0.717) is 5.92 Å². The third kappa shape index (κ3) is 3.44. The summed E-state index contributed by atoms with van der Waals surface area (Å²) in [5.41, 5.74) is 5.12. The molecule has 1 aromatic rings. The average Bonchev–Trinajstić information content (AvgIpc) is 3.04. The standard InChI is InChI=1S/C25H35NO2/c1-23(2,3)15-12-16-17(24(4,5)6)14-19(26-20(27)10-11-21(26)28)22(16)18(13-15)25(7,8)9/h10-13,17,19H,14H2,1-9H3/t17-,19+/m1/s1. The van der Waals surface area contributed by atoms with Crippen LogP contribution in [0.25, 0.3) is 0 Å². The van der Waals surface area contributed by atoms with Crippen molar-refractivity contribution in [1.82, 2.24) is 4.90 Å². The number of hydrogen-bond donors (Lipinski definition) is 0. The van der Waals surface area contributed by atoms with Crippen LogP contribution < -0.4 is 0 Å². The van der Waals surface area contributed by atoms with Gasteiger partial charge in [0, 0.05) is 12.2 Å². The Morgan fingerprint density at radius 1 is 0.821 bits per heavy atom. The number of carbonyl (C=O) groups is 2. The molecule has 1 aliphatic carbocycles. The largest absolute Gasteiger partial charge is 0.269 e. The van der Waals surface area contributed by atoms with Crippen LogP contribution in [0.15, 0.2) is 24.3 Å². The number of hydrogen-bond acceptors (Lipinski definition) is 2. The number of benzene rings is 1. The molecule has 1 aromatic carbocycles. The number of nitrogens with zero attached hydrogens (tertiary/aromatic N) is 1. The highest BCUT2D eigenvalue weighted by atomic mass is 16.2. The maximum atomic E-state index is 12.5. The van der Waals surface area contributed by atoms with Gasteiger partial charge in [0.15, 0.2) is 0 Å². The van der Waals surface area contributed by atoms with Crippen molar-refractivity contribution >= 4 is 11.8 Å². The molecular formula is C25H35NO2. The van der Waals surface area contributed by atoms with Crippen molar-refractivity contribution in [2.75, 3.05) is 0 Å². The molecule has 2 atom stereocenters. The summed E-state index contributed by atoms with van der Waals surface area (Å²) in [5.74, 6) is -0.0670. The molecule has 152 valence electrons. The van der Waals surface area contributed by atoms with Crippen LogP contribution in [0.5, 0.6) is 0 Å². The summed E-state index contributed by atoms with van der Waals surface area (Å²) < 4.78 is 0. The Morgan fingerprint density at radius 3 is 1.79 bits per heavy atom. The summed E-state index contributed by atoms with van der Waals surface area (Å²) in [5, 5.41) is 0. The van der Waals surface area contributed by atoms with E-state index < -0.39 is 0 Å². The molecule has 2 amide bonds. The Balaban J connectivity index is 2.31. The van der Waals surface area contributed by atoms with Crippen LogP contribution in [0.4, 0.5) is 0 Å². The van der Waals surface area contributed by atoms with Crippen LogP contribution in [0.2, 0.25) is 0 Å². The van der Waals surface area contributed by atoms with E-state index in [0.717, 1.165) is 6.42 Å². The van der Waals surface area contributed by atoms with E-state index in [1.807, 2.05) is 0 Å². The lowest BCUT2D eigenvalue weighted by atomic mass is 9.73. The molecule has 0 saturated heterocycles. The summed E-state index contributed by atoms with van der Waals surface area (Å²) in [6.07, 6.45) is 3.62. The Bertz CT molecular complexity index is 838. The lowest BCUT2D eigenvalue weighted by molar-refractivity contribution is -0.139. The van der Waals surface area contributed by atoms with Gasteiger partial charge in [0.25, 0.3) is 11.8 Å². The predicted molar refractivity (Wildman–Crippen MR) is 114 cm³/mol. The van der Waals surface area contributed by atoms with E-state index in [4.69, 9.17) is 0 Å². The van der Waals surface area contributed by atoms with E-state index in [9.17, 15) is 9.59 Å². The molecule has 0 spiro atoms. The van der Waals surface area contributed by atoms with Crippen molar-refractivity contribution in [3.8, 4) is 0 Å². The smallest absolute Gasteiger partial charge is 0.254 e. The summed E-state index contributed by atoms with van der Waals surface area (Å²) in [7, 11) is 0. The molecule has 1 aliphatic heterocycles. The summed E-state index contributed by atoms with van der Waals surface area (Å²) in [6.45, 7) is 20.2. The van der Waals surface area contributed by atoms with Gasteiger partial charge in [-0.15, -0.1) is 0 Å². The monoisotopic (exact) mass is 381 g/mol. The van der Waals surface area contributed by atoms with Crippen LogP contribution in [0.1, 0.15) is 103 Å². The van der Waals surface area contributed by atoms with Crippen LogP contribution >= 0.6 is 0 Å². The van der Waals surface area contributed by atoms with E-state index in [1.165, 1.54) is 39.3 Å². The molecule has 0 bridgehead atoms. The Hall–Kier alpha value is -1.90. The third-order valence-electron chi connectivity index (χ3n) is 6.25. The van der Waals surface area contributed by atoms with Gasteiger partial charge in [0.05, 0.1) is 6.04 Å². The molecule has 3 heteroatoms. The maximum Gasteiger partial charge on any atom is 0.254 e. The molecule has 1 heterocycles. The molecule has 28 heavy (non-hydrogen) atoms. The van der Waals surface area contributed by atoms with Crippen molar-refractivity contribution in [1.29, 1.82) is 0 Å². The van der Waals surface area contributed by atoms with Crippen LogP contribution in [-0.2, 0) is 20.4 Å². The fourth-order valence-corrected chi connectivity index (χ4v) is 4.63. The van der Waals surface area contributed by atoms with E-state index in [-0.39, 0.29) is 34.1 Å². The van der Waals surface area contributed by atoms with Gasteiger partial charge in [-0.1, -0.05) is 74.4 Å². The first kappa shape index (κ1) is 20.8. The minimum atomic E-state index is -0.185. The minimum absolute atomic E-state index is 0.0381. The first-order valence-corrected chi connectivity index (χ1v) is 10.4. The third-order valence-corrected chi connectivity index (χ3v) is 6.25. The fraction of sp³-hybridized carbons (Fsp3) is 0.600. The van der Waals surface area contributed by atoms with Gasteiger partial charge in [0.2, 0.25) is 0 Å². The van der Waals surface area contributed by atoms with Gasteiger partial charge >= 0.3 is 0 Å². The van der Waals surface area contributed by atoms with Gasteiger partial charge in [-0.2, -0.15) is 0 Å². The van der Waals surface area contributed by atoms with E-state index in [1.54, 1.807) is 0 Å². The lowest BCUT2D eigenvalue weighted by Crippen LogP contribution is -2.34. The highest BCUT2D eigenvalue weighted by Crippen LogP contribution is 2.55. The Kier molecular flexibility index (Phi) is 4.69. The number of amides is 2. The fourth-order valence-electron chi connectivity index (χ4n) is 4.63. The second kappa shape index (κ2) is 6.30. The Morgan fingerprint density at radius 2 is 1.36 bits per heavy atom. The molecule has 0 radical (unpaired) electrons. The number of rotatable bonds is 1. The molecule has 0 unspecified atom stereocenters. The first-order chi connectivity index (χ1) is 12.6. The van der Waals surface area contributed by atoms with Crippen LogP contribution in [0, 0.1) is 5.41 Å². The van der Waals surface area contributed by atoms with Crippen molar-refractivity contribution < 1.29 is 9.59 Å². The number of imide groups is 1. The number of fused-ring (bicyclic) bond motifs is 1. The SMILES string of the molecule is CC(C)(C)c1cc2c(c(C(C)(C)C)c1)[C@@H](N1C(=O)C=CC1=O)C[C@H]2C(C)(C)C. The highest BCUT2D eigenvalue weighted by molar-refractivity contribution is 6.13. The molecule has 0 fully saturated rings. The highest BCUT2D eigenvalue weighted by Gasteiger charge is 2.46. The van der Waals surface area contributed by atoms with Gasteiger partial charge in [-0.3, -0.25) is 14.5 Å². The van der Waals surface area contributed by atoms with Crippen molar-refractivity contribution in [3.63, 3.8) is 0 Å². The summed E-state index contributed by atoms with van der Waals surface area (Å²) in [6, 6.07) is 4.48. The van der Waals surface area contributed by atoms with Gasteiger partial charge in [0.1, 0.15) is 0 Å². The van der Waals surface area contributed by atoms with Gasteiger partial charge in [-0.25, -0.2) is 0 Å². The molecule has 3 nitrogen and oxygen atoms in total. The maximum absolute atomic E-state index is 12.5.